The largest absolute Gasteiger partial charge is 0.309 e. The number of nitrogens with zero attached hydrogens (tertiary/aromatic N) is 1. The molecule has 0 fully saturated rings. The SMILES string of the molecule is Cc1ccccc1-c1ccc2c3c4ccccc4c(C4/C=C\C=C/CCC4)cc3n(-c3ccccc3)c2c1. The fourth-order valence-electron chi connectivity index (χ4n) is 6.32. The fourth-order valence-corrected chi connectivity index (χ4v) is 6.32. The summed E-state index contributed by atoms with van der Waals surface area (Å²) in [7, 11) is 0. The molecule has 0 aliphatic heterocycles. The molecule has 0 saturated carbocycles. The maximum absolute atomic E-state index is 2.48. The van der Waals surface area contributed by atoms with Gasteiger partial charge in [0.1, 0.15) is 0 Å². The molecule has 1 heteroatoms. The summed E-state index contributed by atoms with van der Waals surface area (Å²) in [5.41, 5.74) is 9.02. The van der Waals surface area contributed by atoms with Gasteiger partial charge in [-0.2, -0.15) is 0 Å². The summed E-state index contributed by atoms with van der Waals surface area (Å²) >= 11 is 0. The lowest BCUT2D eigenvalue weighted by molar-refractivity contribution is 0.685. The average Bonchev–Trinajstić information content (AvgIpc) is 3.27. The first kappa shape index (κ1) is 22.8. The van der Waals surface area contributed by atoms with Crippen LogP contribution in [0.25, 0.3) is 49.4 Å². The van der Waals surface area contributed by atoms with E-state index in [1.807, 2.05) is 0 Å². The van der Waals surface area contributed by atoms with Crippen LogP contribution in [0.3, 0.4) is 0 Å². The van der Waals surface area contributed by atoms with Crippen molar-refractivity contribution in [2.45, 2.75) is 32.1 Å². The van der Waals surface area contributed by atoms with Crippen LogP contribution in [0.5, 0.6) is 0 Å². The molecule has 1 aliphatic carbocycles. The van der Waals surface area contributed by atoms with E-state index in [0.29, 0.717) is 5.92 Å². The Bertz CT molecular complexity index is 1850. The molecule has 0 bridgehead atoms. The average molecular weight is 490 g/mol. The quantitative estimate of drug-likeness (QED) is 0.233. The van der Waals surface area contributed by atoms with Crippen molar-refractivity contribution in [1.29, 1.82) is 0 Å². The number of aryl methyl sites for hydroxylation is 1. The van der Waals surface area contributed by atoms with Gasteiger partial charge < -0.3 is 4.57 Å². The summed E-state index contributed by atoms with van der Waals surface area (Å²) in [4.78, 5) is 0. The normalized spacial score (nSPS) is 17.4. The van der Waals surface area contributed by atoms with Crippen molar-refractivity contribution < 1.29 is 0 Å². The van der Waals surface area contributed by atoms with E-state index in [1.54, 1.807) is 0 Å². The van der Waals surface area contributed by atoms with Crippen molar-refractivity contribution in [3.63, 3.8) is 0 Å². The molecule has 0 N–H and O–H groups in total. The third-order valence-electron chi connectivity index (χ3n) is 8.15. The van der Waals surface area contributed by atoms with E-state index in [0.717, 1.165) is 6.42 Å². The first-order valence-electron chi connectivity index (χ1n) is 13.7. The van der Waals surface area contributed by atoms with E-state index in [2.05, 4.69) is 139 Å². The Balaban J connectivity index is 1.60. The lowest BCUT2D eigenvalue weighted by atomic mass is 9.87. The van der Waals surface area contributed by atoms with Gasteiger partial charge >= 0.3 is 0 Å². The number of allylic oxidation sites excluding steroid dienone is 4. The van der Waals surface area contributed by atoms with E-state index < -0.39 is 0 Å². The summed E-state index contributed by atoms with van der Waals surface area (Å²) in [6.07, 6.45) is 12.7. The summed E-state index contributed by atoms with van der Waals surface area (Å²) in [6.45, 7) is 2.20. The summed E-state index contributed by atoms with van der Waals surface area (Å²) in [5.74, 6) is 0.402. The van der Waals surface area contributed by atoms with Crippen LogP contribution in [0.15, 0.2) is 127 Å². The highest BCUT2D eigenvalue weighted by atomic mass is 15.0. The Labute approximate surface area is 224 Å². The van der Waals surface area contributed by atoms with E-state index in [4.69, 9.17) is 0 Å². The van der Waals surface area contributed by atoms with Gasteiger partial charge in [0, 0.05) is 22.4 Å². The zero-order valence-electron chi connectivity index (χ0n) is 21.8. The predicted molar refractivity (Wildman–Crippen MR) is 163 cm³/mol. The molecule has 1 unspecified atom stereocenters. The van der Waals surface area contributed by atoms with Gasteiger partial charge in [-0.05, 0) is 83.5 Å². The minimum absolute atomic E-state index is 0.402. The van der Waals surface area contributed by atoms with Crippen LogP contribution >= 0.6 is 0 Å². The van der Waals surface area contributed by atoms with E-state index in [-0.39, 0.29) is 0 Å². The zero-order valence-corrected chi connectivity index (χ0v) is 21.8. The van der Waals surface area contributed by atoms with Gasteiger partial charge in [-0.3, -0.25) is 0 Å². The van der Waals surface area contributed by atoms with E-state index in [1.165, 1.54) is 73.4 Å². The predicted octanol–water partition coefficient (Wildman–Crippen LogP) is 10.3. The van der Waals surface area contributed by atoms with Crippen LogP contribution in [0.1, 0.15) is 36.3 Å². The topological polar surface area (TPSA) is 4.93 Å². The highest BCUT2D eigenvalue weighted by Crippen LogP contribution is 2.42. The molecular weight excluding hydrogens is 458 g/mol. The van der Waals surface area contributed by atoms with Gasteiger partial charge in [-0.1, -0.05) is 103 Å². The Kier molecular flexibility index (Phi) is 5.70. The maximum atomic E-state index is 2.48. The molecule has 1 heterocycles. The standard InChI is InChI=1S/C37H31N/c1-26-14-10-11-19-30(26)28-22-23-33-35(24-28)38(29-17-8-5-9-18-29)36-25-34(27-15-6-3-2-4-7-16-27)31-20-12-13-21-32(31)37(33)36/h2-3,5-6,8-15,17-25,27H,4,7,16H2,1H3/b3-2-,15-6-. The van der Waals surface area contributed by atoms with E-state index >= 15 is 0 Å². The number of para-hydroxylation sites is 1. The third-order valence-corrected chi connectivity index (χ3v) is 8.15. The Morgan fingerprint density at radius 2 is 1.47 bits per heavy atom. The monoisotopic (exact) mass is 489 g/mol. The van der Waals surface area contributed by atoms with Gasteiger partial charge in [0.15, 0.2) is 0 Å². The van der Waals surface area contributed by atoms with Gasteiger partial charge in [-0.25, -0.2) is 0 Å². The minimum Gasteiger partial charge on any atom is -0.309 e. The first-order valence-corrected chi connectivity index (χ1v) is 13.7. The van der Waals surface area contributed by atoms with Gasteiger partial charge in [0.05, 0.1) is 11.0 Å². The molecule has 7 rings (SSSR count). The second kappa shape index (κ2) is 9.50. The van der Waals surface area contributed by atoms with Crippen molar-refractivity contribution in [2.75, 3.05) is 0 Å². The molecular formula is C37H31N. The van der Waals surface area contributed by atoms with Crippen molar-refractivity contribution in [2.24, 2.45) is 0 Å². The number of fused-ring (bicyclic) bond motifs is 5. The highest BCUT2D eigenvalue weighted by Gasteiger charge is 2.20. The molecule has 1 aromatic heterocycles. The molecule has 1 atom stereocenters. The third kappa shape index (κ3) is 3.78. The molecule has 38 heavy (non-hydrogen) atoms. The van der Waals surface area contributed by atoms with Crippen LogP contribution in [0, 0.1) is 6.92 Å². The number of benzene rings is 5. The second-order valence-electron chi connectivity index (χ2n) is 10.5. The smallest absolute Gasteiger partial charge is 0.0550 e. The lowest BCUT2D eigenvalue weighted by Gasteiger charge is -2.18. The van der Waals surface area contributed by atoms with Crippen LogP contribution in [-0.2, 0) is 0 Å². The molecule has 1 aliphatic rings. The van der Waals surface area contributed by atoms with Crippen molar-refractivity contribution >= 4 is 32.6 Å². The molecule has 0 radical (unpaired) electrons. The molecule has 184 valence electrons. The summed E-state index contributed by atoms with van der Waals surface area (Å²) in [5, 5.41) is 5.36. The van der Waals surface area contributed by atoms with Crippen LogP contribution in [0.4, 0.5) is 0 Å². The number of hydrogen-bond donors (Lipinski definition) is 0. The fraction of sp³-hybridized carbons (Fsp3) is 0.135. The van der Waals surface area contributed by atoms with Gasteiger partial charge in [0.2, 0.25) is 0 Å². The maximum Gasteiger partial charge on any atom is 0.0550 e. The van der Waals surface area contributed by atoms with Crippen LogP contribution < -0.4 is 0 Å². The lowest BCUT2D eigenvalue weighted by Crippen LogP contribution is -2.00. The molecule has 0 spiro atoms. The van der Waals surface area contributed by atoms with Gasteiger partial charge in [0.25, 0.3) is 0 Å². The first-order chi connectivity index (χ1) is 18.8. The van der Waals surface area contributed by atoms with Gasteiger partial charge in [-0.15, -0.1) is 0 Å². The molecule has 1 nitrogen and oxygen atoms in total. The summed E-state index contributed by atoms with van der Waals surface area (Å²) in [6, 6.07) is 38.1. The van der Waals surface area contributed by atoms with Crippen molar-refractivity contribution in [1.82, 2.24) is 4.57 Å². The molecule has 0 amide bonds. The molecule has 0 saturated heterocycles. The van der Waals surface area contributed by atoms with Crippen LogP contribution in [-0.4, -0.2) is 4.57 Å². The molecule has 6 aromatic rings. The Hall–Kier alpha value is -4.36. The second-order valence-corrected chi connectivity index (χ2v) is 10.5. The van der Waals surface area contributed by atoms with Crippen molar-refractivity contribution in [3.8, 4) is 16.8 Å². The minimum atomic E-state index is 0.402. The number of hydrogen-bond acceptors (Lipinski definition) is 0. The Morgan fingerprint density at radius 3 is 2.34 bits per heavy atom. The zero-order chi connectivity index (χ0) is 25.5. The number of rotatable bonds is 3. The van der Waals surface area contributed by atoms with Crippen LogP contribution in [0.2, 0.25) is 0 Å². The summed E-state index contributed by atoms with van der Waals surface area (Å²) < 4.78 is 2.48. The molecule has 5 aromatic carbocycles. The highest BCUT2D eigenvalue weighted by molar-refractivity contribution is 6.22. The number of aromatic nitrogens is 1. The van der Waals surface area contributed by atoms with Crippen molar-refractivity contribution in [3.05, 3.63) is 139 Å². The van der Waals surface area contributed by atoms with E-state index in [9.17, 15) is 0 Å². The Morgan fingerprint density at radius 1 is 0.684 bits per heavy atom.